The first-order valence-electron chi connectivity index (χ1n) is 6.99. The monoisotopic (exact) mass is 393 g/mol. The molecule has 0 aliphatic carbocycles. The lowest BCUT2D eigenvalue weighted by Crippen LogP contribution is -2.04. The normalized spacial score (nSPS) is 11.3. The van der Waals surface area contributed by atoms with Crippen LogP contribution in [0.4, 0.5) is 13.2 Å². The fourth-order valence-corrected chi connectivity index (χ4v) is 2.59. The molecule has 0 bridgehead atoms. The zero-order valence-electron chi connectivity index (χ0n) is 12.2. The Morgan fingerprint density at radius 1 is 0.917 bits per heavy atom. The van der Waals surface area contributed by atoms with E-state index in [0.29, 0.717) is 27.2 Å². The van der Waals surface area contributed by atoms with E-state index in [4.69, 9.17) is 4.74 Å². The molecule has 24 heavy (non-hydrogen) atoms. The maximum Gasteiger partial charge on any atom is 0.416 e. The quantitative estimate of drug-likeness (QED) is 0.519. The highest BCUT2D eigenvalue weighted by Crippen LogP contribution is 2.34. The van der Waals surface area contributed by atoms with Gasteiger partial charge in [-0.15, -0.1) is 0 Å². The average Bonchev–Trinajstić information content (AvgIpc) is 2.57. The lowest BCUT2D eigenvalue weighted by molar-refractivity contribution is -0.137. The summed E-state index contributed by atoms with van der Waals surface area (Å²) >= 11 is 3.37. The topological polar surface area (TPSA) is 22.1 Å². The fraction of sp³-hybridized carbons (Fsp3) is 0.0556. The van der Waals surface area contributed by atoms with Crippen molar-refractivity contribution in [1.82, 2.24) is 4.98 Å². The van der Waals surface area contributed by atoms with Gasteiger partial charge in [-0.3, -0.25) is 0 Å². The molecule has 122 valence electrons. The Hall–Kier alpha value is -2.34. The molecule has 0 saturated carbocycles. The molecule has 0 aliphatic rings. The van der Waals surface area contributed by atoms with E-state index in [1.165, 1.54) is 12.1 Å². The molecule has 0 saturated heterocycles. The van der Waals surface area contributed by atoms with E-state index in [1.807, 2.05) is 18.2 Å². The molecule has 3 aromatic rings. The van der Waals surface area contributed by atoms with Gasteiger partial charge in [-0.05, 0) is 45.8 Å². The molecule has 0 aliphatic heterocycles. The van der Waals surface area contributed by atoms with Crippen LogP contribution in [0, 0.1) is 0 Å². The van der Waals surface area contributed by atoms with Crippen LogP contribution in [0.5, 0.6) is 11.6 Å². The molecule has 1 heterocycles. The Bertz CT molecular complexity index is 833. The minimum atomic E-state index is -4.35. The molecule has 2 aromatic carbocycles. The number of para-hydroxylation sites is 1. The SMILES string of the molecule is FC(F)(F)c1ccc(-c2cc(Oc3ccccc3)ncc2Br)cc1. The van der Waals surface area contributed by atoms with Gasteiger partial charge in [-0.2, -0.15) is 13.2 Å². The molecule has 0 amide bonds. The van der Waals surface area contributed by atoms with Crippen LogP contribution >= 0.6 is 15.9 Å². The number of pyridine rings is 1. The van der Waals surface area contributed by atoms with Crippen molar-refractivity contribution in [3.63, 3.8) is 0 Å². The lowest BCUT2D eigenvalue weighted by atomic mass is 10.0. The second kappa shape index (κ2) is 6.65. The molecule has 0 unspecified atom stereocenters. The highest BCUT2D eigenvalue weighted by Gasteiger charge is 2.30. The molecule has 0 spiro atoms. The summed E-state index contributed by atoms with van der Waals surface area (Å²) in [5.74, 6) is 0.991. The van der Waals surface area contributed by atoms with Crippen molar-refractivity contribution in [2.24, 2.45) is 0 Å². The third kappa shape index (κ3) is 3.76. The smallest absolute Gasteiger partial charge is 0.416 e. The first-order valence-corrected chi connectivity index (χ1v) is 7.79. The van der Waals surface area contributed by atoms with Gasteiger partial charge in [-0.25, -0.2) is 4.98 Å². The van der Waals surface area contributed by atoms with Crippen molar-refractivity contribution in [3.05, 3.63) is 76.9 Å². The van der Waals surface area contributed by atoms with E-state index in [2.05, 4.69) is 20.9 Å². The second-order valence-corrected chi connectivity index (χ2v) is 5.85. The number of alkyl halides is 3. The summed E-state index contributed by atoms with van der Waals surface area (Å²) < 4.78 is 44.3. The summed E-state index contributed by atoms with van der Waals surface area (Å²) in [4.78, 5) is 4.17. The van der Waals surface area contributed by atoms with Crippen LogP contribution in [-0.4, -0.2) is 4.98 Å². The molecule has 0 atom stereocenters. The summed E-state index contributed by atoms with van der Waals surface area (Å²) in [7, 11) is 0. The molecule has 6 heteroatoms. The van der Waals surface area contributed by atoms with Crippen LogP contribution in [0.2, 0.25) is 0 Å². The first-order chi connectivity index (χ1) is 11.4. The molecular weight excluding hydrogens is 383 g/mol. The van der Waals surface area contributed by atoms with Gasteiger partial charge in [-0.1, -0.05) is 30.3 Å². The molecule has 2 nitrogen and oxygen atoms in total. The van der Waals surface area contributed by atoms with Gasteiger partial charge in [0.15, 0.2) is 0 Å². The summed E-state index contributed by atoms with van der Waals surface area (Å²) in [5, 5.41) is 0. The van der Waals surface area contributed by atoms with Crippen LogP contribution in [0.25, 0.3) is 11.1 Å². The maximum atomic E-state index is 12.7. The number of benzene rings is 2. The zero-order chi connectivity index (χ0) is 17.2. The van der Waals surface area contributed by atoms with Crippen molar-refractivity contribution in [2.75, 3.05) is 0 Å². The third-order valence-corrected chi connectivity index (χ3v) is 3.95. The van der Waals surface area contributed by atoms with E-state index in [9.17, 15) is 13.2 Å². The molecule has 0 N–H and O–H groups in total. The first kappa shape index (κ1) is 16.5. The number of hydrogen-bond donors (Lipinski definition) is 0. The van der Waals surface area contributed by atoms with E-state index in [1.54, 1.807) is 24.4 Å². The summed E-state index contributed by atoms with van der Waals surface area (Å²) in [6.45, 7) is 0. The van der Waals surface area contributed by atoms with E-state index < -0.39 is 11.7 Å². The largest absolute Gasteiger partial charge is 0.439 e. The molecule has 1 aromatic heterocycles. The van der Waals surface area contributed by atoms with Crippen LogP contribution in [0.15, 0.2) is 71.3 Å². The fourth-order valence-electron chi connectivity index (χ4n) is 2.14. The molecule has 3 rings (SSSR count). The number of ether oxygens (including phenoxy) is 1. The number of rotatable bonds is 3. The van der Waals surface area contributed by atoms with E-state index >= 15 is 0 Å². The Morgan fingerprint density at radius 2 is 1.58 bits per heavy atom. The minimum absolute atomic E-state index is 0.360. The number of nitrogens with zero attached hydrogens (tertiary/aromatic N) is 1. The standard InChI is InChI=1S/C18H11BrF3NO/c19-16-11-23-17(24-14-4-2-1-3-5-14)10-15(16)12-6-8-13(9-7-12)18(20,21)22/h1-11H. The summed E-state index contributed by atoms with van der Waals surface area (Å²) in [5.41, 5.74) is 0.650. The zero-order valence-corrected chi connectivity index (χ0v) is 13.8. The summed E-state index contributed by atoms with van der Waals surface area (Å²) in [6, 6.07) is 15.8. The van der Waals surface area contributed by atoms with Crippen molar-refractivity contribution in [3.8, 4) is 22.8 Å². The average molecular weight is 394 g/mol. The predicted molar refractivity (Wildman–Crippen MR) is 88.9 cm³/mol. The van der Waals surface area contributed by atoms with Crippen molar-refractivity contribution in [1.29, 1.82) is 0 Å². The Labute approximate surface area is 145 Å². The van der Waals surface area contributed by atoms with E-state index in [-0.39, 0.29) is 0 Å². The Balaban J connectivity index is 1.92. The van der Waals surface area contributed by atoms with Gasteiger partial charge in [0.2, 0.25) is 5.88 Å². The van der Waals surface area contributed by atoms with Gasteiger partial charge in [0.05, 0.1) is 5.56 Å². The second-order valence-electron chi connectivity index (χ2n) is 4.99. The lowest BCUT2D eigenvalue weighted by Gasteiger charge is -2.10. The maximum absolute atomic E-state index is 12.7. The highest BCUT2D eigenvalue weighted by atomic mass is 79.9. The number of aromatic nitrogens is 1. The highest BCUT2D eigenvalue weighted by molar-refractivity contribution is 9.10. The number of halogens is 4. The Morgan fingerprint density at radius 3 is 2.21 bits per heavy atom. The van der Waals surface area contributed by atoms with Gasteiger partial charge in [0, 0.05) is 22.3 Å². The predicted octanol–water partition coefficient (Wildman–Crippen LogP) is 6.32. The van der Waals surface area contributed by atoms with Crippen molar-refractivity contribution >= 4 is 15.9 Å². The van der Waals surface area contributed by atoms with Crippen molar-refractivity contribution < 1.29 is 17.9 Å². The van der Waals surface area contributed by atoms with Gasteiger partial charge >= 0.3 is 6.18 Å². The summed E-state index contributed by atoms with van der Waals surface area (Å²) in [6.07, 6.45) is -2.79. The van der Waals surface area contributed by atoms with Crippen LogP contribution in [-0.2, 0) is 6.18 Å². The molecule has 0 radical (unpaired) electrons. The van der Waals surface area contributed by atoms with Crippen LogP contribution in [0.1, 0.15) is 5.56 Å². The van der Waals surface area contributed by atoms with Crippen LogP contribution in [0.3, 0.4) is 0 Å². The van der Waals surface area contributed by atoms with Crippen LogP contribution < -0.4 is 4.74 Å². The van der Waals surface area contributed by atoms with Gasteiger partial charge in [0.25, 0.3) is 0 Å². The third-order valence-electron chi connectivity index (χ3n) is 3.32. The van der Waals surface area contributed by atoms with Gasteiger partial charge in [0.1, 0.15) is 5.75 Å². The minimum Gasteiger partial charge on any atom is -0.439 e. The van der Waals surface area contributed by atoms with E-state index in [0.717, 1.165) is 12.1 Å². The number of hydrogen-bond acceptors (Lipinski definition) is 2. The Kier molecular flexibility index (Phi) is 4.57. The van der Waals surface area contributed by atoms with Gasteiger partial charge < -0.3 is 4.74 Å². The van der Waals surface area contributed by atoms with Crippen molar-refractivity contribution in [2.45, 2.75) is 6.18 Å². The molecular formula is C18H11BrF3NO. The molecule has 0 fully saturated rings.